The fourth-order valence-corrected chi connectivity index (χ4v) is 10.3. The van der Waals surface area contributed by atoms with Gasteiger partial charge in [0.15, 0.2) is 0 Å². The Morgan fingerprint density at radius 2 is 0.652 bits per heavy atom. The summed E-state index contributed by atoms with van der Waals surface area (Å²) in [7, 11) is 0. The molecule has 1 atom stereocenters. The summed E-state index contributed by atoms with van der Waals surface area (Å²) < 4.78 is 0. The highest BCUT2D eigenvalue weighted by Crippen LogP contribution is 2.37. The van der Waals surface area contributed by atoms with Crippen molar-refractivity contribution in [1.82, 2.24) is 0 Å². The molecular formula is C44H88S2. The quantitative estimate of drug-likeness (QED) is 0.0599. The number of hydrogen-bond donors (Lipinski definition) is 0. The second-order valence-electron chi connectivity index (χ2n) is 15.6. The summed E-state index contributed by atoms with van der Waals surface area (Å²) in [5, 5.41) is 1.87. The van der Waals surface area contributed by atoms with Crippen molar-refractivity contribution in [2.24, 2.45) is 5.92 Å². The Morgan fingerprint density at radius 1 is 0.370 bits per heavy atom. The standard InChI is InChI=1S/C44H88S2/c1-4-6-8-10-12-14-16-18-20-22-24-26-28-30-32-34-40-45-42(3)43-36-38-44(39-37-43)46-41-35-33-31-29-27-25-23-21-19-17-15-13-11-9-7-5-2/h42-44H,4-41H2,1-3H3. The second-order valence-corrected chi connectivity index (χ2v) is 18.5. The first-order chi connectivity index (χ1) is 22.8. The van der Waals surface area contributed by atoms with Gasteiger partial charge >= 0.3 is 0 Å². The van der Waals surface area contributed by atoms with Crippen LogP contribution in [0.2, 0.25) is 0 Å². The first kappa shape index (κ1) is 44.7. The predicted molar refractivity (Wildman–Crippen MR) is 219 cm³/mol. The first-order valence-electron chi connectivity index (χ1n) is 22.0. The topological polar surface area (TPSA) is 0 Å². The van der Waals surface area contributed by atoms with E-state index in [4.69, 9.17) is 0 Å². The SMILES string of the molecule is CCCCCCCCCCCCCCCCCCSC1CCC(C(C)SCCCCCCCCCCCCCCCCCC)CC1. The molecule has 0 spiro atoms. The highest BCUT2D eigenvalue weighted by Gasteiger charge is 2.25. The molecule has 1 unspecified atom stereocenters. The molecule has 0 aromatic heterocycles. The summed E-state index contributed by atoms with van der Waals surface area (Å²) in [6.07, 6.45) is 53.2. The zero-order valence-corrected chi connectivity index (χ0v) is 34.1. The van der Waals surface area contributed by atoms with Crippen molar-refractivity contribution in [3.8, 4) is 0 Å². The van der Waals surface area contributed by atoms with E-state index >= 15 is 0 Å². The summed E-state index contributed by atoms with van der Waals surface area (Å²) in [5.41, 5.74) is 0. The molecule has 276 valence electrons. The van der Waals surface area contributed by atoms with Crippen LogP contribution in [0.5, 0.6) is 0 Å². The fraction of sp³-hybridized carbons (Fsp3) is 1.00. The Hall–Kier alpha value is 0.700. The molecule has 0 N–H and O–H groups in total. The Labute approximate surface area is 302 Å². The van der Waals surface area contributed by atoms with Crippen LogP contribution in [0.25, 0.3) is 0 Å². The van der Waals surface area contributed by atoms with E-state index in [-0.39, 0.29) is 0 Å². The van der Waals surface area contributed by atoms with Crippen molar-refractivity contribution in [2.45, 2.75) is 262 Å². The Balaban J connectivity index is 1.78. The molecule has 0 radical (unpaired) electrons. The molecule has 0 bridgehead atoms. The average Bonchev–Trinajstić information content (AvgIpc) is 3.07. The van der Waals surface area contributed by atoms with Gasteiger partial charge in [0.25, 0.3) is 0 Å². The molecular weight excluding hydrogens is 593 g/mol. The third-order valence-electron chi connectivity index (χ3n) is 11.1. The van der Waals surface area contributed by atoms with E-state index in [2.05, 4.69) is 44.3 Å². The summed E-state index contributed by atoms with van der Waals surface area (Å²) in [6, 6.07) is 0. The maximum absolute atomic E-state index is 2.55. The minimum Gasteiger partial charge on any atom is -0.159 e. The van der Waals surface area contributed by atoms with Gasteiger partial charge in [-0.15, -0.1) is 0 Å². The van der Waals surface area contributed by atoms with Crippen molar-refractivity contribution in [2.75, 3.05) is 11.5 Å². The number of unbranched alkanes of at least 4 members (excludes halogenated alkanes) is 30. The fourth-order valence-electron chi connectivity index (χ4n) is 7.68. The summed E-state index contributed by atoms with van der Waals surface area (Å²) >= 11 is 4.64. The molecule has 0 saturated heterocycles. The average molecular weight is 681 g/mol. The number of rotatable bonds is 37. The highest BCUT2D eigenvalue weighted by molar-refractivity contribution is 8.00. The molecule has 1 fully saturated rings. The second kappa shape index (κ2) is 37.0. The van der Waals surface area contributed by atoms with Gasteiger partial charge < -0.3 is 0 Å². The van der Waals surface area contributed by atoms with Crippen LogP contribution in [0.4, 0.5) is 0 Å². The first-order valence-corrected chi connectivity index (χ1v) is 24.1. The van der Waals surface area contributed by atoms with Crippen LogP contribution >= 0.6 is 23.5 Å². The van der Waals surface area contributed by atoms with E-state index in [1.54, 1.807) is 0 Å². The van der Waals surface area contributed by atoms with E-state index in [1.807, 2.05) is 0 Å². The summed E-state index contributed by atoms with van der Waals surface area (Å²) in [6.45, 7) is 7.17. The smallest absolute Gasteiger partial charge is 0.00472 e. The lowest BCUT2D eigenvalue weighted by atomic mass is 9.87. The van der Waals surface area contributed by atoms with Crippen LogP contribution in [0, 0.1) is 5.92 Å². The van der Waals surface area contributed by atoms with Crippen molar-refractivity contribution in [3.63, 3.8) is 0 Å². The van der Waals surface area contributed by atoms with Gasteiger partial charge in [0.2, 0.25) is 0 Å². The molecule has 0 nitrogen and oxygen atoms in total. The lowest BCUT2D eigenvalue weighted by Gasteiger charge is -2.31. The third-order valence-corrected chi connectivity index (χ3v) is 14.0. The van der Waals surface area contributed by atoms with Crippen molar-refractivity contribution in [1.29, 1.82) is 0 Å². The van der Waals surface area contributed by atoms with E-state index < -0.39 is 0 Å². The molecule has 0 aromatic carbocycles. The van der Waals surface area contributed by atoms with Crippen LogP contribution in [-0.4, -0.2) is 22.0 Å². The Kier molecular flexibility index (Phi) is 35.9. The van der Waals surface area contributed by atoms with E-state index in [0.29, 0.717) is 0 Å². The maximum atomic E-state index is 2.55. The Bertz CT molecular complexity index is 554. The van der Waals surface area contributed by atoms with E-state index in [1.165, 1.54) is 243 Å². The van der Waals surface area contributed by atoms with Crippen molar-refractivity contribution >= 4 is 23.5 Å². The third kappa shape index (κ3) is 30.7. The molecule has 1 saturated carbocycles. The molecule has 1 rings (SSSR count). The van der Waals surface area contributed by atoms with Gasteiger partial charge in [-0.2, -0.15) is 23.5 Å². The molecule has 0 aromatic rings. The normalized spacial score (nSPS) is 17.5. The van der Waals surface area contributed by atoms with Gasteiger partial charge in [0.1, 0.15) is 0 Å². The zero-order valence-electron chi connectivity index (χ0n) is 32.4. The molecule has 0 heterocycles. The summed E-state index contributed by atoms with van der Waals surface area (Å²) in [4.78, 5) is 0. The lowest BCUT2D eigenvalue weighted by molar-refractivity contribution is 0.363. The molecule has 0 aliphatic heterocycles. The molecule has 46 heavy (non-hydrogen) atoms. The van der Waals surface area contributed by atoms with Gasteiger partial charge in [-0.1, -0.05) is 213 Å². The van der Waals surface area contributed by atoms with E-state index in [9.17, 15) is 0 Å². The molecule has 0 amide bonds. The van der Waals surface area contributed by atoms with Crippen LogP contribution < -0.4 is 0 Å². The number of hydrogen-bond acceptors (Lipinski definition) is 2. The number of thioether (sulfide) groups is 2. The summed E-state index contributed by atoms with van der Waals surface area (Å²) in [5.74, 6) is 3.84. The van der Waals surface area contributed by atoms with Gasteiger partial charge in [0.05, 0.1) is 0 Å². The zero-order chi connectivity index (χ0) is 33.0. The maximum Gasteiger partial charge on any atom is 0.00472 e. The lowest BCUT2D eigenvalue weighted by Crippen LogP contribution is -2.23. The van der Waals surface area contributed by atoms with Crippen LogP contribution in [-0.2, 0) is 0 Å². The van der Waals surface area contributed by atoms with Crippen LogP contribution in [0.1, 0.15) is 252 Å². The molecule has 1 aliphatic rings. The Morgan fingerprint density at radius 3 is 0.978 bits per heavy atom. The van der Waals surface area contributed by atoms with Crippen molar-refractivity contribution in [3.05, 3.63) is 0 Å². The highest BCUT2D eigenvalue weighted by atomic mass is 32.2. The van der Waals surface area contributed by atoms with Crippen LogP contribution in [0.15, 0.2) is 0 Å². The molecule has 2 heteroatoms. The van der Waals surface area contributed by atoms with Gasteiger partial charge in [0, 0.05) is 10.5 Å². The van der Waals surface area contributed by atoms with Gasteiger partial charge in [-0.25, -0.2) is 0 Å². The largest absolute Gasteiger partial charge is 0.159 e. The minimum atomic E-state index is 0.891. The van der Waals surface area contributed by atoms with Crippen LogP contribution in [0.3, 0.4) is 0 Å². The van der Waals surface area contributed by atoms with Crippen molar-refractivity contribution < 1.29 is 0 Å². The molecule has 1 aliphatic carbocycles. The minimum absolute atomic E-state index is 0.891. The predicted octanol–water partition coefficient (Wildman–Crippen LogP) is 16.9. The van der Waals surface area contributed by atoms with Gasteiger partial charge in [-0.05, 0) is 55.9 Å². The van der Waals surface area contributed by atoms with E-state index in [0.717, 1.165) is 16.4 Å². The monoisotopic (exact) mass is 681 g/mol. The van der Waals surface area contributed by atoms with Gasteiger partial charge in [-0.3, -0.25) is 0 Å².